The summed E-state index contributed by atoms with van der Waals surface area (Å²) < 4.78 is 5.05. The first-order chi connectivity index (χ1) is 6.56. The fraction of sp³-hybridized carbons (Fsp3) is 0.300. The van der Waals surface area contributed by atoms with Crippen LogP contribution in [0.15, 0.2) is 18.2 Å². The highest BCUT2D eigenvalue weighted by Crippen LogP contribution is 2.24. The number of rotatable bonds is 3. The Balaban J connectivity index is 3.18. The summed E-state index contributed by atoms with van der Waals surface area (Å²) in [6, 6.07) is 4.49. The summed E-state index contributed by atoms with van der Waals surface area (Å²) in [5.41, 5.74) is 6.69. The molecule has 14 heavy (non-hydrogen) atoms. The molecule has 1 atom stereocenters. The molecule has 1 rings (SSSR count). The molecule has 3 N–H and O–H groups in total. The molecule has 0 saturated carbocycles. The van der Waals surface area contributed by atoms with Gasteiger partial charge in [0.2, 0.25) is 0 Å². The maximum absolute atomic E-state index is 10.7. The van der Waals surface area contributed by atoms with Crippen LogP contribution < -0.4 is 10.5 Å². The highest BCUT2D eigenvalue weighted by Gasteiger charge is 2.11. The van der Waals surface area contributed by atoms with Crippen LogP contribution in [0, 0.1) is 0 Å². The van der Waals surface area contributed by atoms with E-state index < -0.39 is 5.97 Å². The fourth-order valence-corrected chi connectivity index (χ4v) is 1.22. The molecular weight excluding hydrogens is 182 g/mol. The number of carboxylic acid groups (broad SMARTS) is 1. The average molecular weight is 195 g/mol. The van der Waals surface area contributed by atoms with Crippen LogP contribution >= 0.6 is 0 Å². The second-order valence-electron chi connectivity index (χ2n) is 3.05. The predicted octanol–water partition coefficient (Wildman–Crippen LogP) is 1.41. The number of nitrogens with two attached hydrogens (primary N) is 1. The molecule has 0 heterocycles. The zero-order chi connectivity index (χ0) is 10.7. The Hall–Kier alpha value is -1.55. The van der Waals surface area contributed by atoms with Gasteiger partial charge in [0, 0.05) is 11.6 Å². The summed E-state index contributed by atoms with van der Waals surface area (Å²) in [5.74, 6) is -0.459. The topological polar surface area (TPSA) is 72.5 Å². The Morgan fingerprint density at radius 3 is 2.64 bits per heavy atom. The van der Waals surface area contributed by atoms with E-state index in [1.807, 2.05) is 6.92 Å². The summed E-state index contributed by atoms with van der Waals surface area (Å²) in [6.07, 6.45) is 0. The lowest BCUT2D eigenvalue weighted by Gasteiger charge is -2.11. The summed E-state index contributed by atoms with van der Waals surface area (Å²) in [6.45, 7) is 1.82. The summed E-state index contributed by atoms with van der Waals surface area (Å²) in [4.78, 5) is 10.7. The number of carbonyl (C=O) groups is 1. The Kier molecular flexibility index (Phi) is 3.09. The van der Waals surface area contributed by atoms with Crippen LogP contribution in [0.1, 0.15) is 28.9 Å². The van der Waals surface area contributed by atoms with E-state index in [0.717, 1.165) is 5.56 Å². The third-order valence-electron chi connectivity index (χ3n) is 1.97. The minimum atomic E-state index is -0.973. The number of aromatic carboxylic acids is 1. The standard InChI is InChI=1S/C10H13NO3/c1-6(11)8-4-3-7(10(12)13)5-9(8)14-2/h3-6H,11H2,1-2H3,(H,12,13)/t6-/m0/s1. The van der Waals surface area contributed by atoms with E-state index in [1.165, 1.54) is 19.2 Å². The van der Waals surface area contributed by atoms with Crippen LogP contribution in [0.3, 0.4) is 0 Å². The van der Waals surface area contributed by atoms with Crippen molar-refractivity contribution in [1.29, 1.82) is 0 Å². The van der Waals surface area contributed by atoms with Gasteiger partial charge in [0.15, 0.2) is 0 Å². The lowest BCUT2D eigenvalue weighted by Crippen LogP contribution is -2.08. The number of benzene rings is 1. The van der Waals surface area contributed by atoms with Crippen molar-refractivity contribution in [3.05, 3.63) is 29.3 Å². The van der Waals surface area contributed by atoms with Crippen molar-refractivity contribution in [1.82, 2.24) is 0 Å². The number of ether oxygens (including phenoxy) is 1. The van der Waals surface area contributed by atoms with Gasteiger partial charge in [0.25, 0.3) is 0 Å². The third kappa shape index (κ3) is 2.03. The molecule has 1 aromatic rings. The predicted molar refractivity (Wildman–Crippen MR) is 52.6 cm³/mol. The van der Waals surface area contributed by atoms with Gasteiger partial charge in [-0.1, -0.05) is 6.07 Å². The summed E-state index contributed by atoms with van der Waals surface area (Å²) >= 11 is 0. The normalized spacial score (nSPS) is 12.2. The van der Waals surface area contributed by atoms with Gasteiger partial charge in [-0.25, -0.2) is 4.79 Å². The van der Waals surface area contributed by atoms with Crippen molar-refractivity contribution >= 4 is 5.97 Å². The Bertz CT molecular complexity index is 347. The van der Waals surface area contributed by atoms with Gasteiger partial charge in [-0.3, -0.25) is 0 Å². The van der Waals surface area contributed by atoms with Crippen molar-refractivity contribution in [2.24, 2.45) is 5.73 Å². The van der Waals surface area contributed by atoms with Gasteiger partial charge >= 0.3 is 5.97 Å². The maximum atomic E-state index is 10.7. The third-order valence-corrected chi connectivity index (χ3v) is 1.97. The molecule has 0 amide bonds. The molecule has 0 radical (unpaired) electrons. The van der Waals surface area contributed by atoms with Crippen molar-refractivity contribution in [3.8, 4) is 5.75 Å². The Labute approximate surface area is 82.3 Å². The SMILES string of the molecule is COc1cc(C(=O)O)ccc1[C@H](C)N. The van der Waals surface area contributed by atoms with E-state index >= 15 is 0 Å². The molecule has 0 fully saturated rings. The van der Waals surface area contributed by atoms with Gasteiger partial charge < -0.3 is 15.6 Å². The van der Waals surface area contributed by atoms with Crippen LogP contribution in [0.5, 0.6) is 5.75 Å². The van der Waals surface area contributed by atoms with Crippen LogP contribution in [-0.2, 0) is 0 Å². The summed E-state index contributed by atoms with van der Waals surface area (Å²) in [7, 11) is 1.49. The molecular formula is C10H13NO3. The first kappa shape index (κ1) is 10.5. The fourth-order valence-electron chi connectivity index (χ4n) is 1.22. The van der Waals surface area contributed by atoms with Crippen LogP contribution in [-0.4, -0.2) is 18.2 Å². The minimum Gasteiger partial charge on any atom is -0.496 e. The van der Waals surface area contributed by atoms with Crippen molar-refractivity contribution in [2.45, 2.75) is 13.0 Å². The Morgan fingerprint density at radius 1 is 1.57 bits per heavy atom. The lowest BCUT2D eigenvalue weighted by atomic mass is 10.1. The highest BCUT2D eigenvalue weighted by molar-refractivity contribution is 5.88. The number of hydrogen-bond acceptors (Lipinski definition) is 3. The molecule has 0 unspecified atom stereocenters. The smallest absolute Gasteiger partial charge is 0.335 e. The molecule has 1 aromatic carbocycles. The molecule has 4 nitrogen and oxygen atoms in total. The molecule has 0 aliphatic carbocycles. The molecule has 4 heteroatoms. The molecule has 0 aromatic heterocycles. The Morgan fingerprint density at radius 2 is 2.21 bits per heavy atom. The van der Waals surface area contributed by atoms with Crippen LogP contribution in [0.4, 0.5) is 0 Å². The van der Waals surface area contributed by atoms with Gasteiger partial charge in [0.05, 0.1) is 12.7 Å². The van der Waals surface area contributed by atoms with Crippen molar-refractivity contribution in [3.63, 3.8) is 0 Å². The van der Waals surface area contributed by atoms with Crippen LogP contribution in [0.2, 0.25) is 0 Å². The maximum Gasteiger partial charge on any atom is 0.335 e. The molecule has 76 valence electrons. The molecule has 0 saturated heterocycles. The quantitative estimate of drug-likeness (QED) is 0.764. The monoisotopic (exact) mass is 195 g/mol. The largest absolute Gasteiger partial charge is 0.496 e. The summed E-state index contributed by atoms with van der Waals surface area (Å²) in [5, 5.41) is 8.75. The highest BCUT2D eigenvalue weighted by atomic mass is 16.5. The minimum absolute atomic E-state index is 0.173. The first-order valence-corrected chi connectivity index (χ1v) is 4.23. The van der Waals surface area contributed by atoms with Crippen molar-refractivity contribution < 1.29 is 14.6 Å². The molecule has 0 spiro atoms. The first-order valence-electron chi connectivity index (χ1n) is 4.23. The lowest BCUT2D eigenvalue weighted by molar-refractivity contribution is 0.0696. The number of methoxy groups -OCH3 is 1. The van der Waals surface area contributed by atoms with Gasteiger partial charge in [0.1, 0.15) is 5.75 Å². The molecule has 0 bridgehead atoms. The van der Waals surface area contributed by atoms with E-state index in [2.05, 4.69) is 0 Å². The van der Waals surface area contributed by atoms with E-state index in [1.54, 1.807) is 6.07 Å². The number of hydrogen-bond donors (Lipinski definition) is 2. The van der Waals surface area contributed by atoms with Crippen molar-refractivity contribution in [2.75, 3.05) is 7.11 Å². The zero-order valence-electron chi connectivity index (χ0n) is 8.15. The van der Waals surface area contributed by atoms with E-state index in [0.29, 0.717) is 5.75 Å². The molecule has 0 aliphatic rings. The van der Waals surface area contributed by atoms with Gasteiger partial charge in [-0.2, -0.15) is 0 Å². The second-order valence-corrected chi connectivity index (χ2v) is 3.05. The van der Waals surface area contributed by atoms with Crippen LogP contribution in [0.25, 0.3) is 0 Å². The van der Waals surface area contributed by atoms with E-state index in [9.17, 15) is 4.79 Å². The number of carboxylic acids is 1. The average Bonchev–Trinajstić information content (AvgIpc) is 2.16. The second kappa shape index (κ2) is 4.11. The van der Waals surface area contributed by atoms with Gasteiger partial charge in [-0.15, -0.1) is 0 Å². The van der Waals surface area contributed by atoms with Gasteiger partial charge in [-0.05, 0) is 19.1 Å². The van der Waals surface area contributed by atoms with E-state index in [4.69, 9.17) is 15.6 Å². The van der Waals surface area contributed by atoms with E-state index in [-0.39, 0.29) is 11.6 Å². The molecule has 0 aliphatic heterocycles. The zero-order valence-corrected chi connectivity index (χ0v) is 8.15.